The van der Waals surface area contributed by atoms with Gasteiger partial charge in [-0.05, 0) is 54.6 Å². The van der Waals surface area contributed by atoms with Gasteiger partial charge in [0, 0.05) is 50.9 Å². The van der Waals surface area contributed by atoms with Crippen LogP contribution in [0, 0.1) is 0 Å². The number of hydrogen-bond donors (Lipinski definition) is 2. The molecule has 1 unspecified atom stereocenters. The molecule has 3 aliphatic rings. The maximum absolute atomic E-state index is 13.2. The summed E-state index contributed by atoms with van der Waals surface area (Å²) >= 11 is 0. The molecule has 6 rings (SSSR count). The van der Waals surface area contributed by atoms with Crippen LogP contribution in [0.2, 0.25) is 0 Å². The number of likely N-dealkylation sites (N-methyl/N-ethyl adjacent to an activating group) is 1. The van der Waals surface area contributed by atoms with Crippen LogP contribution in [0.15, 0.2) is 48.5 Å². The lowest BCUT2D eigenvalue weighted by Crippen LogP contribution is -2.44. The number of rotatable bonds is 3. The van der Waals surface area contributed by atoms with Crippen LogP contribution in [-0.4, -0.2) is 65.6 Å². The van der Waals surface area contributed by atoms with Gasteiger partial charge in [0.05, 0.1) is 11.7 Å². The third kappa shape index (κ3) is 4.48. The van der Waals surface area contributed by atoms with Crippen LogP contribution in [0.25, 0.3) is 11.3 Å². The molecule has 0 saturated carbocycles. The van der Waals surface area contributed by atoms with Crippen molar-refractivity contribution in [1.29, 1.82) is 0 Å². The summed E-state index contributed by atoms with van der Waals surface area (Å²) in [5, 5.41) is 3.28. The van der Waals surface area contributed by atoms with Crippen molar-refractivity contribution in [2.75, 3.05) is 50.4 Å². The topological polar surface area (TPSA) is 90.6 Å². The number of nitrogens with zero attached hydrogens (tertiary/aromatic N) is 5. The van der Waals surface area contributed by atoms with Crippen LogP contribution in [0.1, 0.15) is 34.7 Å². The summed E-state index contributed by atoms with van der Waals surface area (Å²) in [5.41, 5.74) is 13.0. The van der Waals surface area contributed by atoms with E-state index in [9.17, 15) is 4.79 Å². The number of piperazine rings is 1. The van der Waals surface area contributed by atoms with E-state index in [0.29, 0.717) is 6.54 Å². The van der Waals surface area contributed by atoms with Crippen LogP contribution in [0.4, 0.5) is 16.6 Å². The average molecular weight is 484 g/mol. The molecule has 8 heteroatoms. The molecule has 3 aromatic rings. The second-order valence-corrected chi connectivity index (χ2v) is 10.2. The normalized spacial score (nSPS) is 19.6. The number of fused-ring (bicyclic) bond motifs is 2. The predicted molar refractivity (Wildman–Crippen MR) is 142 cm³/mol. The summed E-state index contributed by atoms with van der Waals surface area (Å²) in [5.74, 6) is 1.16. The van der Waals surface area contributed by atoms with E-state index in [2.05, 4.69) is 74.6 Å². The number of hydrogen-bond acceptors (Lipinski definition) is 6. The number of amides is 2. The van der Waals surface area contributed by atoms with Gasteiger partial charge in [0.2, 0.25) is 5.95 Å². The van der Waals surface area contributed by atoms with Gasteiger partial charge in [-0.25, -0.2) is 9.78 Å². The molecule has 1 fully saturated rings. The standard InChI is InChI=1S/C28H33N7O/c1-33-12-14-34(15-13-33)26-17-25(30-27(29)32-26)21-7-6-19-10-11-35(18-22(19)16-21)28(36)31-24-9-8-20-4-2-3-5-23(20)24/h2-7,16-17,24H,8-15,18H2,1H3,(H,31,36)(H2,29,30,32). The monoisotopic (exact) mass is 483 g/mol. The highest BCUT2D eigenvalue weighted by atomic mass is 16.2. The van der Waals surface area contributed by atoms with E-state index in [1.165, 1.54) is 22.3 Å². The van der Waals surface area contributed by atoms with Crippen molar-refractivity contribution in [3.8, 4) is 11.3 Å². The Morgan fingerprint density at radius 1 is 0.944 bits per heavy atom. The number of nitrogens with one attached hydrogen (secondary N) is 1. The van der Waals surface area contributed by atoms with Crippen LogP contribution < -0.4 is 16.0 Å². The van der Waals surface area contributed by atoms with Crippen LogP contribution >= 0.6 is 0 Å². The molecule has 0 bridgehead atoms. The lowest BCUT2D eigenvalue weighted by molar-refractivity contribution is 0.188. The van der Waals surface area contributed by atoms with Gasteiger partial charge in [0.15, 0.2) is 0 Å². The molecular weight excluding hydrogens is 450 g/mol. The fourth-order valence-electron chi connectivity index (χ4n) is 5.64. The number of anilines is 2. The van der Waals surface area contributed by atoms with Crippen molar-refractivity contribution >= 4 is 17.8 Å². The molecule has 3 heterocycles. The highest BCUT2D eigenvalue weighted by Crippen LogP contribution is 2.32. The van der Waals surface area contributed by atoms with Gasteiger partial charge in [-0.3, -0.25) is 0 Å². The molecule has 36 heavy (non-hydrogen) atoms. The molecule has 1 aliphatic carbocycles. The Hall–Kier alpha value is -3.65. The minimum Gasteiger partial charge on any atom is -0.368 e. The summed E-state index contributed by atoms with van der Waals surface area (Å²) < 4.78 is 0. The Morgan fingerprint density at radius 3 is 2.64 bits per heavy atom. The summed E-state index contributed by atoms with van der Waals surface area (Å²) in [6.07, 6.45) is 2.83. The third-order valence-electron chi connectivity index (χ3n) is 7.79. The number of nitrogens with two attached hydrogens (primary N) is 1. The average Bonchev–Trinajstić information content (AvgIpc) is 3.30. The first-order valence-corrected chi connectivity index (χ1v) is 12.9. The van der Waals surface area contributed by atoms with Crippen molar-refractivity contribution in [3.63, 3.8) is 0 Å². The van der Waals surface area contributed by atoms with E-state index in [-0.39, 0.29) is 18.0 Å². The van der Waals surface area contributed by atoms with Crippen LogP contribution in [0.3, 0.4) is 0 Å². The van der Waals surface area contributed by atoms with Crippen molar-refractivity contribution in [1.82, 2.24) is 25.1 Å². The number of carbonyl (C=O) groups excluding carboxylic acids is 1. The number of urea groups is 1. The van der Waals surface area contributed by atoms with Crippen molar-refractivity contribution < 1.29 is 4.79 Å². The van der Waals surface area contributed by atoms with E-state index in [1.807, 2.05) is 11.0 Å². The largest absolute Gasteiger partial charge is 0.368 e. The first kappa shape index (κ1) is 22.8. The highest BCUT2D eigenvalue weighted by Gasteiger charge is 2.27. The molecule has 1 saturated heterocycles. The zero-order valence-electron chi connectivity index (χ0n) is 20.8. The Labute approximate surface area is 212 Å². The Bertz CT molecular complexity index is 1280. The molecule has 0 spiro atoms. The third-order valence-corrected chi connectivity index (χ3v) is 7.79. The Morgan fingerprint density at radius 2 is 1.78 bits per heavy atom. The van der Waals surface area contributed by atoms with E-state index >= 15 is 0 Å². The fraction of sp³-hybridized carbons (Fsp3) is 0.393. The SMILES string of the molecule is CN1CCN(c2cc(-c3ccc4c(c3)CN(C(=O)NC3CCc5ccccc53)CC4)nc(N)n2)CC1. The number of aryl methyl sites for hydroxylation is 1. The maximum atomic E-state index is 13.2. The van der Waals surface area contributed by atoms with Gasteiger partial charge < -0.3 is 25.8 Å². The van der Waals surface area contributed by atoms with Crippen LogP contribution in [0.5, 0.6) is 0 Å². The molecular formula is C28H33N7O. The van der Waals surface area contributed by atoms with E-state index < -0.39 is 0 Å². The smallest absolute Gasteiger partial charge is 0.318 e. The number of carbonyl (C=O) groups is 1. The highest BCUT2D eigenvalue weighted by molar-refractivity contribution is 5.76. The lowest BCUT2D eigenvalue weighted by Gasteiger charge is -2.33. The summed E-state index contributed by atoms with van der Waals surface area (Å²) in [7, 11) is 2.14. The van der Waals surface area contributed by atoms with Gasteiger partial charge in [-0.2, -0.15) is 4.98 Å². The minimum absolute atomic E-state index is 0.0105. The number of benzene rings is 2. The molecule has 0 radical (unpaired) electrons. The molecule has 186 valence electrons. The van der Waals surface area contributed by atoms with Crippen molar-refractivity contribution in [3.05, 3.63) is 70.8 Å². The van der Waals surface area contributed by atoms with Gasteiger partial charge in [0.1, 0.15) is 5.82 Å². The minimum atomic E-state index is 0.0105. The van der Waals surface area contributed by atoms with Crippen molar-refractivity contribution in [2.45, 2.75) is 31.8 Å². The molecule has 2 amide bonds. The molecule has 1 aromatic heterocycles. The molecule has 3 N–H and O–H groups in total. The zero-order valence-corrected chi connectivity index (χ0v) is 20.8. The second-order valence-electron chi connectivity index (χ2n) is 10.2. The summed E-state index contributed by atoms with van der Waals surface area (Å²) in [4.78, 5) is 28.8. The number of nitrogen functional groups attached to an aromatic ring is 1. The Balaban J connectivity index is 1.19. The summed E-state index contributed by atoms with van der Waals surface area (Å²) in [6, 6.07) is 17.0. The van der Waals surface area contributed by atoms with E-state index in [0.717, 1.165) is 69.1 Å². The quantitative estimate of drug-likeness (QED) is 0.595. The summed E-state index contributed by atoms with van der Waals surface area (Å²) in [6.45, 7) is 5.17. The molecule has 2 aromatic carbocycles. The Kier molecular flexibility index (Phi) is 5.97. The van der Waals surface area contributed by atoms with E-state index in [4.69, 9.17) is 5.73 Å². The van der Waals surface area contributed by atoms with Gasteiger partial charge in [0.25, 0.3) is 0 Å². The maximum Gasteiger partial charge on any atom is 0.318 e. The lowest BCUT2D eigenvalue weighted by atomic mass is 9.96. The number of aromatic nitrogens is 2. The fourth-order valence-corrected chi connectivity index (χ4v) is 5.64. The van der Waals surface area contributed by atoms with E-state index in [1.54, 1.807) is 0 Å². The first-order valence-electron chi connectivity index (χ1n) is 12.9. The van der Waals surface area contributed by atoms with Crippen LogP contribution in [-0.2, 0) is 19.4 Å². The molecule has 2 aliphatic heterocycles. The van der Waals surface area contributed by atoms with Gasteiger partial charge >= 0.3 is 6.03 Å². The first-order chi connectivity index (χ1) is 17.5. The molecule has 8 nitrogen and oxygen atoms in total. The van der Waals surface area contributed by atoms with Gasteiger partial charge in [-0.1, -0.05) is 36.4 Å². The van der Waals surface area contributed by atoms with Crippen molar-refractivity contribution in [2.24, 2.45) is 0 Å². The molecule has 1 atom stereocenters. The zero-order chi connectivity index (χ0) is 24.6. The van der Waals surface area contributed by atoms with Gasteiger partial charge in [-0.15, -0.1) is 0 Å². The second kappa shape index (κ2) is 9.43. The predicted octanol–water partition coefficient (Wildman–Crippen LogP) is 3.23.